The Morgan fingerprint density at radius 3 is 2.81 bits per heavy atom. The molecule has 0 spiro atoms. The molecule has 3 rings (SSSR count). The summed E-state index contributed by atoms with van der Waals surface area (Å²) in [5.74, 6) is -0.292. The minimum atomic E-state index is -2.77. The molecule has 1 aromatic heterocycles. The number of aromatic nitrogens is 2. The Hall–Kier alpha value is -2.26. The molecule has 0 amide bonds. The maximum Gasteiger partial charge on any atom is 0.264 e. The molecule has 1 aromatic carbocycles. The number of hydrogen-bond donors (Lipinski definition) is 3. The average Bonchev–Trinajstić information content (AvgIpc) is 2.99. The summed E-state index contributed by atoms with van der Waals surface area (Å²) < 4.78 is 46.7. The van der Waals surface area contributed by atoms with Crippen LogP contribution in [0.25, 0.3) is 0 Å². The van der Waals surface area contributed by atoms with Gasteiger partial charge in [-0.15, -0.1) is 0 Å². The highest BCUT2D eigenvalue weighted by molar-refractivity contribution is 6.31. The van der Waals surface area contributed by atoms with E-state index >= 15 is 0 Å². The van der Waals surface area contributed by atoms with Gasteiger partial charge < -0.3 is 15.8 Å². The topological polar surface area (TPSA) is 88.3 Å². The van der Waals surface area contributed by atoms with Crippen LogP contribution in [0.2, 0.25) is 5.02 Å². The lowest BCUT2D eigenvalue weighted by atomic mass is 9.91. The van der Waals surface area contributed by atoms with E-state index in [0.29, 0.717) is 0 Å². The largest absolute Gasteiger partial charge is 0.386 e. The zero-order valence-electron chi connectivity index (χ0n) is 13.8. The van der Waals surface area contributed by atoms with Gasteiger partial charge in [0.25, 0.3) is 6.43 Å². The molecule has 2 aromatic rings. The van der Waals surface area contributed by atoms with Gasteiger partial charge in [0.1, 0.15) is 29.8 Å². The van der Waals surface area contributed by atoms with Crippen LogP contribution in [0.15, 0.2) is 29.4 Å². The summed E-state index contributed by atoms with van der Waals surface area (Å²) in [7, 11) is 0. The Morgan fingerprint density at radius 1 is 1.42 bits per heavy atom. The molecule has 4 N–H and O–H groups in total. The van der Waals surface area contributed by atoms with E-state index in [-0.39, 0.29) is 41.0 Å². The number of nitrogens with two attached hydrogens (primary N) is 1. The fraction of sp³-hybridized carbons (Fsp3) is 0.375. The number of halogens is 4. The van der Waals surface area contributed by atoms with Crippen molar-refractivity contribution in [3.63, 3.8) is 0 Å². The number of nitrogens with zero attached hydrogens (tertiary/aromatic N) is 2. The summed E-state index contributed by atoms with van der Waals surface area (Å²) in [5.41, 5.74) is 5.16. The van der Waals surface area contributed by atoms with E-state index in [1.54, 1.807) is 6.92 Å². The van der Waals surface area contributed by atoms with Crippen LogP contribution in [0.3, 0.4) is 0 Å². The second-order valence-corrected chi connectivity index (χ2v) is 6.56. The summed E-state index contributed by atoms with van der Waals surface area (Å²) in [6, 6.07) is 2.52. The predicted octanol–water partition coefficient (Wildman–Crippen LogP) is 3.22. The summed E-state index contributed by atoms with van der Waals surface area (Å²) >= 11 is 5.89. The monoisotopic (exact) mass is 387 g/mol. The third-order valence-corrected chi connectivity index (χ3v) is 4.38. The smallest absolute Gasteiger partial charge is 0.264 e. The molecule has 0 radical (unpaired) electrons. The van der Waals surface area contributed by atoms with Crippen LogP contribution >= 0.6 is 11.6 Å². The van der Waals surface area contributed by atoms with Crippen LogP contribution in [-0.2, 0) is 10.3 Å². The van der Waals surface area contributed by atoms with Gasteiger partial charge in [0.2, 0.25) is 0 Å². The van der Waals surface area contributed by atoms with Gasteiger partial charge in [0, 0.05) is 11.3 Å². The average molecular weight is 388 g/mol. The van der Waals surface area contributed by atoms with Gasteiger partial charge in [-0.1, -0.05) is 11.6 Å². The molecule has 10 heteroatoms. The van der Waals surface area contributed by atoms with Crippen molar-refractivity contribution in [2.24, 2.45) is 10.7 Å². The van der Waals surface area contributed by atoms with Crippen LogP contribution in [0.1, 0.15) is 24.2 Å². The Labute approximate surface area is 152 Å². The third kappa shape index (κ3) is 3.63. The number of rotatable bonds is 5. The molecule has 26 heavy (non-hydrogen) atoms. The summed E-state index contributed by atoms with van der Waals surface area (Å²) in [6.45, 7) is 1.96. The number of ether oxygens (including phenoxy) is 1. The van der Waals surface area contributed by atoms with Crippen LogP contribution in [-0.4, -0.2) is 35.7 Å². The van der Waals surface area contributed by atoms with Gasteiger partial charge >= 0.3 is 0 Å². The number of amidine groups is 1. The number of nitrogens with one attached hydrogen (secondary N) is 2. The molecule has 0 saturated carbocycles. The van der Waals surface area contributed by atoms with Gasteiger partial charge in [-0.05, 0) is 25.1 Å². The van der Waals surface area contributed by atoms with E-state index in [0.717, 1.165) is 0 Å². The van der Waals surface area contributed by atoms with Crippen molar-refractivity contribution in [3.8, 4) is 0 Å². The lowest BCUT2D eigenvalue weighted by Gasteiger charge is -2.31. The Balaban J connectivity index is 1.94. The first-order valence-corrected chi connectivity index (χ1v) is 8.13. The van der Waals surface area contributed by atoms with Gasteiger partial charge in [0.15, 0.2) is 0 Å². The molecule has 2 heterocycles. The van der Waals surface area contributed by atoms with E-state index in [2.05, 4.69) is 20.5 Å². The second-order valence-electron chi connectivity index (χ2n) is 6.15. The van der Waals surface area contributed by atoms with Crippen molar-refractivity contribution < 1.29 is 17.9 Å². The molecule has 0 aliphatic carbocycles. The van der Waals surface area contributed by atoms with Gasteiger partial charge in [-0.25, -0.2) is 13.2 Å². The number of H-pyrrole nitrogens is 1. The summed E-state index contributed by atoms with van der Waals surface area (Å²) in [4.78, 5) is 4.28. The highest BCUT2D eigenvalue weighted by Gasteiger charge is 2.33. The lowest BCUT2D eigenvalue weighted by molar-refractivity contribution is 0.104. The van der Waals surface area contributed by atoms with E-state index in [4.69, 9.17) is 22.1 Å². The fourth-order valence-electron chi connectivity index (χ4n) is 2.84. The predicted molar refractivity (Wildman–Crippen MR) is 92.2 cm³/mol. The Kier molecular flexibility index (Phi) is 5.10. The van der Waals surface area contributed by atoms with Crippen LogP contribution in [0.4, 0.5) is 18.9 Å². The molecule has 2 atom stereocenters. The fourth-order valence-corrected chi connectivity index (χ4v) is 3.05. The molecule has 1 aliphatic heterocycles. The zero-order valence-corrected chi connectivity index (χ0v) is 14.5. The molecule has 6 nitrogen and oxygen atoms in total. The van der Waals surface area contributed by atoms with E-state index in [9.17, 15) is 13.2 Å². The summed E-state index contributed by atoms with van der Waals surface area (Å²) in [6.07, 6.45) is -1.54. The standard InChI is InChI=1S/C16H17ClF3N5O/c1-16(7-26-6-12(21)24-16)9-4-8(2-3-11(9)18)23-14(15(19)20)13-10(17)5-22-25-13/h2-5,14-15,23H,6-7H2,1H3,(H2,21,24)(H,22,25)/t14?,16-/m0/s1. The number of aromatic amines is 1. The van der Waals surface area contributed by atoms with Gasteiger partial charge in [-0.2, -0.15) is 5.10 Å². The van der Waals surface area contributed by atoms with E-state index in [1.165, 1.54) is 24.4 Å². The minimum Gasteiger partial charge on any atom is -0.386 e. The molecule has 0 saturated heterocycles. The quantitative estimate of drug-likeness (QED) is 0.735. The van der Waals surface area contributed by atoms with E-state index in [1.807, 2.05) is 0 Å². The summed E-state index contributed by atoms with van der Waals surface area (Å²) in [5, 5.41) is 8.85. The minimum absolute atomic E-state index is 0.0435. The van der Waals surface area contributed by atoms with E-state index < -0.39 is 23.8 Å². The van der Waals surface area contributed by atoms with Crippen molar-refractivity contribution in [3.05, 3.63) is 46.5 Å². The molecule has 0 fully saturated rings. The first kappa shape index (κ1) is 18.5. The highest BCUT2D eigenvalue weighted by Crippen LogP contribution is 2.34. The molecular weight excluding hydrogens is 371 g/mol. The van der Waals surface area contributed by atoms with Crippen molar-refractivity contribution in [2.45, 2.75) is 24.9 Å². The zero-order chi connectivity index (χ0) is 18.9. The maximum absolute atomic E-state index is 14.4. The van der Waals surface area contributed by atoms with Crippen molar-refractivity contribution in [2.75, 3.05) is 18.5 Å². The maximum atomic E-state index is 14.4. The normalized spacial score (nSPS) is 21.5. The van der Waals surface area contributed by atoms with Gasteiger partial charge in [0.05, 0.1) is 23.5 Å². The molecule has 0 bridgehead atoms. The van der Waals surface area contributed by atoms with Crippen LogP contribution in [0, 0.1) is 5.82 Å². The SMILES string of the molecule is C[C@@]1(c2cc(NC(c3[nH]ncc3Cl)C(F)F)ccc2F)COCC(N)=N1. The van der Waals surface area contributed by atoms with Crippen molar-refractivity contribution >= 4 is 23.1 Å². The third-order valence-electron chi connectivity index (χ3n) is 4.08. The Morgan fingerprint density at radius 2 is 2.19 bits per heavy atom. The number of benzene rings is 1. The Bertz CT molecular complexity index is 828. The number of alkyl halides is 2. The number of aliphatic imine (C=N–C) groups is 1. The molecular formula is C16H17ClF3N5O. The lowest BCUT2D eigenvalue weighted by Crippen LogP contribution is -2.38. The van der Waals surface area contributed by atoms with Crippen molar-refractivity contribution in [1.82, 2.24) is 10.2 Å². The van der Waals surface area contributed by atoms with Crippen LogP contribution in [0.5, 0.6) is 0 Å². The highest BCUT2D eigenvalue weighted by atomic mass is 35.5. The van der Waals surface area contributed by atoms with Crippen molar-refractivity contribution in [1.29, 1.82) is 0 Å². The first-order valence-electron chi connectivity index (χ1n) is 7.75. The van der Waals surface area contributed by atoms with Gasteiger partial charge in [-0.3, -0.25) is 10.1 Å². The molecule has 1 aliphatic rings. The number of hydrogen-bond acceptors (Lipinski definition) is 5. The second kappa shape index (κ2) is 7.16. The van der Waals surface area contributed by atoms with Crippen LogP contribution < -0.4 is 11.1 Å². The number of anilines is 1. The molecule has 140 valence electrons. The molecule has 1 unspecified atom stereocenters. The first-order chi connectivity index (χ1) is 12.3.